The highest BCUT2D eigenvalue weighted by Gasteiger charge is 2.24. The first-order chi connectivity index (χ1) is 10.6. The number of aryl methyl sites for hydroxylation is 1. The first kappa shape index (κ1) is 16.8. The smallest absolute Gasteiger partial charge is 0.256 e. The summed E-state index contributed by atoms with van der Waals surface area (Å²) in [5.41, 5.74) is 7.75. The molecule has 22 heavy (non-hydrogen) atoms. The standard InChI is InChI=1S/C16H22N2O3S/c1-21-18(16(20)11-22-10-15(17)19)9-13-7-4-6-12-5-2-3-8-14(12)13/h2-3,5,8,13H,4,6-7,9-11H2,1H3,(H2,17,19). The van der Waals surface area contributed by atoms with Gasteiger partial charge in [0.15, 0.2) is 0 Å². The van der Waals surface area contributed by atoms with Crippen molar-refractivity contribution in [3.63, 3.8) is 0 Å². The number of hydroxylamine groups is 2. The van der Waals surface area contributed by atoms with Gasteiger partial charge >= 0.3 is 0 Å². The van der Waals surface area contributed by atoms with Crippen molar-refractivity contribution in [2.75, 3.05) is 25.2 Å². The lowest BCUT2D eigenvalue weighted by molar-refractivity contribution is -0.174. The molecule has 0 spiro atoms. The van der Waals surface area contributed by atoms with Crippen molar-refractivity contribution < 1.29 is 14.4 Å². The highest BCUT2D eigenvalue weighted by Crippen LogP contribution is 2.32. The van der Waals surface area contributed by atoms with Crippen molar-refractivity contribution >= 4 is 23.6 Å². The zero-order valence-electron chi connectivity index (χ0n) is 12.8. The summed E-state index contributed by atoms with van der Waals surface area (Å²) in [7, 11) is 1.51. The van der Waals surface area contributed by atoms with Crippen molar-refractivity contribution in [2.45, 2.75) is 25.2 Å². The molecule has 1 unspecified atom stereocenters. The van der Waals surface area contributed by atoms with Crippen LogP contribution in [0.2, 0.25) is 0 Å². The number of amides is 2. The molecule has 0 saturated heterocycles. The monoisotopic (exact) mass is 322 g/mol. The van der Waals surface area contributed by atoms with E-state index in [0.29, 0.717) is 12.5 Å². The molecule has 0 fully saturated rings. The first-order valence-corrected chi connectivity index (χ1v) is 8.55. The number of fused-ring (bicyclic) bond motifs is 1. The molecule has 6 heteroatoms. The van der Waals surface area contributed by atoms with Gasteiger partial charge in [-0.3, -0.25) is 14.4 Å². The average Bonchev–Trinajstić information content (AvgIpc) is 2.52. The molecule has 2 N–H and O–H groups in total. The molecule has 1 aromatic carbocycles. The van der Waals surface area contributed by atoms with E-state index in [9.17, 15) is 9.59 Å². The molecule has 0 radical (unpaired) electrons. The Hall–Kier alpha value is -1.53. The summed E-state index contributed by atoms with van der Waals surface area (Å²) in [6.07, 6.45) is 3.28. The Morgan fingerprint density at radius 3 is 2.86 bits per heavy atom. The SMILES string of the molecule is CON(CC1CCCc2ccccc21)C(=O)CSCC(N)=O. The third kappa shape index (κ3) is 4.48. The minimum absolute atomic E-state index is 0.128. The van der Waals surface area contributed by atoms with Crippen LogP contribution in [0.4, 0.5) is 0 Å². The van der Waals surface area contributed by atoms with Gasteiger partial charge in [0.2, 0.25) is 5.91 Å². The fourth-order valence-electron chi connectivity index (χ4n) is 2.83. The highest BCUT2D eigenvalue weighted by atomic mass is 32.2. The molecule has 2 rings (SSSR count). The summed E-state index contributed by atoms with van der Waals surface area (Å²) < 4.78 is 0. The van der Waals surface area contributed by atoms with Crippen molar-refractivity contribution in [3.05, 3.63) is 35.4 Å². The summed E-state index contributed by atoms with van der Waals surface area (Å²) in [4.78, 5) is 28.1. The Labute approximate surface area is 135 Å². The molecule has 1 aromatic rings. The summed E-state index contributed by atoms with van der Waals surface area (Å²) in [5.74, 6) is 0.107. The molecular formula is C16H22N2O3S. The average molecular weight is 322 g/mol. The third-order valence-corrected chi connectivity index (χ3v) is 4.79. The van der Waals surface area contributed by atoms with Gasteiger partial charge in [-0.1, -0.05) is 24.3 Å². The quantitative estimate of drug-likeness (QED) is 0.776. The molecule has 1 aliphatic rings. The fraction of sp³-hybridized carbons (Fsp3) is 0.500. The van der Waals surface area contributed by atoms with E-state index in [2.05, 4.69) is 18.2 Å². The lowest BCUT2D eigenvalue weighted by Gasteiger charge is -2.30. The van der Waals surface area contributed by atoms with E-state index in [0.717, 1.165) is 19.3 Å². The zero-order valence-corrected chi connectivity index (χ0v) is 13.6. The Morgan fingerprint density at radius 1 is 1.36 bits per heavy atom. The highest BCUT2D eigenvalue weighted by molar-refractivity contribution is 8.00. The van der Waals surface area contributed by atoms with Crippen LogP contribution in [0.25, 0.3) is 0 Å². The molecule has 0 bridgehead atoms. The molecule has 5 nitrogen and oxygen atoms in total. The van der Waals surface area contributed by atoms with Crippen LogP contribution in [-0.2, 0) is 20.8 Å². The molecule has 0 aliphatic heterocycles. The summed E-state index contributed by atoms with van der Waals surface area (Å²) in [5, 5.41) is 1.40. The van der Waals surface area contributed by atoms with Gasteiger partial charge in [-0.15, -0.1) is 11.8 Å². The topological polar surface area (TPSA) is 72.6 Å². The number of rotatable bonds is 7. The predicted octanol–water partition coefficient (Wildman–Crippen LogP) is 1.71. The van der Waals surface area contributed by atoms with E-state index in [1.54, 1.807) is 0 Å². The number of carbonyl (C=O) groups excluding carboxylic acids is 2. The second-order valence-corrected chi connectivity index (χ2v) is 6.37. The van der Waals surface area contributed by atoms with Crippen molar-refractivity contribution in [3.8, 4) is 0 Å². The van der Waals surface area contributed by atoms with Gasteiger partial charge in [-0.2, -0.15) is 0 Å². The van der Waals surface area contributed by atoms with E-state index in [1.807, 2.05) is 6.07 Å². The van der Waals surface area contributed by atoms with E-state index in [-0.39, 0.29) is 17.4 Å². The van der Waals surface area contributed by atoms with E-state index in [4.69, 9.17) is 10.6 Å². The molecule has 0 heterocycles. The van der Waals surface area contributed by atoms with Gasteiger partial charge in [0.1, 0.15) is 0 Å². The molecule has 2 amide bonds. The lowest BCUT2D eigenvalue weighted by Crippen LogP contribution is -2.36. The summed E-state index contributed by atoms with van der Waals surface area (Å²) in [6.45, 7) is 0.545. The minimum atomic E-state index is -0.414. The minimum Gasteiger partial charge on any atom is -0.369 e. The van der Waals surface area contributed by atoms with Crippen molar-refractivity contribution in [1.29, 1.82) is 0 Å². The second-order valence-electron chi connectivity index (χ2n) is 5.38. The third-order valence-electron chi connectivity index (χ3n) is 3.85. The van der Waals surface area contributed by atoms with E-state index in [1.165, 1.54) is 35.1 Å². The number of hydrogen-bond donors (Lipinski definition) is 1. The molecule has 0 saturated carbocycles. The number of primary amides is 1. The summed E-state index contributed by atoms with van der Waals surface area (Å²) in [6, 6.07) is 8.39. The van der Waals surface area contributed by atoms with Crippen LogP contribution in [0.1, 0.15) is 29.9 Å². The Balaban J connectivity index is 1.96. The van der Waals surface area contributed by atoms with Gasteiger partial charge in [-0.05, 0) is 30.4 Å². The number of carbonyl (C=O) groups is 2. The maximum atomic E-state index is 12.2. The Kier molecular flexibility index (Phi) is 6.27. The molecule has 120 valence electrons. The van der Waals surface area contributed by atoms with Crippen molar-refractivity contribution in [1.82, 2.24) is 5.06 Å². The Bertz CT molecular complexity index is 536. The van der Waals surface area contributed by atoms with Crippen LogP contribution < -0.4 is 5.73 Å². The van der Waals surface area contributed by atoms with Gasteiger partial charge in [0.25, 0.3) is 5.91 Å². The lowest BCUT2D eigenvalue weighted by atomic mass is 9.83. The van der Waals surface area contributed by atoms with Crippen LogP contribution in [0.5, 0.6) is 0 Å². The number of nitrogens with zero attached hydrogens (tertiary/aromatic N) is 1. The van der Waals surface area contributed by atoms with Crippen LogP contribution >= 0.6 is 11.8 Å². The number of nitrogens with two attached hydrogens (primary N) is 1. The Morgan fingerprint density at radius 2 is 2.14 bits per heavy atom. The van der Waals surface area contributed by atoms with Gasteiger partial charge in [-0.25, -0.2) is 5.06 Å². The number of benzene rings is 1. The van der Waals surface area contributed by atoms with E-state index >= 15 is 0 Å². The number of hydrogen-bond acceptors (Lipinski definition) is 4. The van der Waals surface area contributed by atoms with Crippen LogP contribution in [0.15, 0.2) is 24.3 Å². The first-order valence-electron chi connectivity index (χ1n) is 7.40. The fourth-order valence-corrected chi connectivity index (χ4v) is 3.46. The molecular weight excluding hydrogens is 300 g/mol. The van der Waals surface area contributed by atoms with Gasteiger partial charge in [0.05, 0.1) is 25.2 Å². The predicted molar refractivity (Wildman–Crippen MR) is 87.4 cm³/mol. The van der Waals surface area contributed by atoms with Gasteiger partial charge < -0.3 is 5.73 Å². The van der Waals surface area contributed by atoms with Gasteiger partial charge in [0, 0.05) is 5.92 Å². The largest absolute Gasteiger partial charge is 0.369 e. The normalized spacial score (nSPS) is 16.9. The maximum absolute atomic E-state index is 12.2. The molecule has 0 aromatic heterocycles. The van der Waals surface area contributed by atoms with Crippen LogP contribution in [0, 0.1) is 0 Å². The van der Waals surface area contributed by atoms with Crippen LogP contribution in [0.3, 0.4) is 0 Å². The maximum Gasteiger partial charge on any atom is 0.256 e. The second kappa shape index (κ2) is 8.19. The molecule has 1 aliphatic carbocycles. The number of thioether (sulfide) groups is 1. The zero-order chi connectivity index (χ0) is 15.9. The summed E-state index contributed by atoms with van der Waals surface area (Å²) >= 11 is 1.22. The van der Waals surface area contributed by atoms with Crippen LogP contribution in [-0.4, -0.2) is 42.0 Å². The molecule has 1 atom stereocenters. The van der Waals surface area contributed by atoms with Crippen molar-refractivity contribution in [2.24, 2.45) is 5.73 Å². The van der Waals surface area contributed by atoms with E-state index < -0.39 is 5.91 Å².